The molecule has 1 unspecified atom stereocenters. The normalized spacial score (nSPS) is 16.2. The molecule has 7 rings (SSSR count). The fraction of sp³-hybridized carbons (Fsp3) is 0.0857. The van der Waals surface area contributed by atoms with Crippen LogP contribution in [0.1, 0.15) is 34.6 Å². The van der Waals surface area contributed by atoms with E-state index >= 15 is 0 Å². The summed E-state index contributed by atoms with van der Waals surface area (Å²) in [5.74, 6) is 0.163. The highest BCUT2D eigenvalue weighted by molar-refractivity contribution is 5.97. The maximum Gasteiger partial charge on any atom is 0.0526 e. The third-order valence-electron chi connectivity index (χ3n) is 7.99. The van der Waals surface area contributed by atoms with Crippen molar-refractivity contribution in [2.75, 3.05) is 0 Å². The van der Waals surface area contributed by atoms with Crippen LogP contribution in [0.3, 0.4) is 0 Å². The van der Waals surface area contributed by atoms with E-state index in [0.717, 1.165) is 6.42 Å². The highest BCUT2D eigenvalue weighted by Crippen LogP contribution is 2.61. The van der Waals surface area contributed by atoms with Gasteiger partial charge in [-0.05, 0) is 50.6 Å². The highest BCUT2D eigenvalue weighted by atomic mass is 14.5. The first-order valence-corrected chi connectivity index (χ1v) is 12.5. The zero-order valence-corrected chi connectivity index (χ0v) is 19.6. The van der Waals surface area contributed by atoms with Crippen molar-refractivity contribution in [3.8, 4) is 11.1 Å². The van der Waals surface area contributed by atoms with E-state index in [1.165, 1.54) is 49.7 Å². The molecule has 0 bridgehead atoms. The van der Waals surface area contributed by atoms with Crippen molar-refractivity contribution >= 4 is 10.8 Å². The van der Waals surface area contributed by atoms with Gasteiger partial charge in [0.05, 0.1) is 5.41 Å². The molecule has 5 aromatic carbocycles. The molecule has 0 fully saturated rings. The highest BCUT2D eigenvalue weighted by Gasteiger charge is 2.50. The van der Waals surface area contributed by atoms with Crippen molar-refractivity contribution in [2.45, 2.75) is 17.8 Å². The minimum Gasteiger partial charge on any atom is -0.0804 e. The molecule has 0 aromatic heterocycles. The molecule has 2 aliphatic carbocycles. The summed E-state index contributed by atoms with van der Waals surface area (Å²) >= 11 is 0. The Morgan fingerprint density at radius 1 is 0.571 bits per heavy atom. The van der Waals surface area contributed by atoms with E-state index in [2.05, 4.69) is 140 Å². The first-order valence-electron chi connectivity index (χ1n) is 12.5. The number of fused-ring (bicyclic) bond motifs is 5. The van der Waals surface area contributed by atoms with Crippen LogP contribution in [0.15, 0.2) is 145 Å². The van der Waals surface area contributed by atoms with Crippen molar-refractivity contribution in [2.24, 2.45) is 0 Å². The number of rotatable bonds is 4. The topological polar surface area (TPSA) is 0 Å². The van der Waals surface area contributed by atoms with Gasteiger partial charge in [-0.25, -0.2) is 0 Å². The summed E-state index contributed by atoms with van der Waals surface area (Å²) in [7, 11) is 0. The number of benzene rings is 5. The molecule has 5 aromatic rings. The van der Waals surface area contributed by atoms with E-state index in [-0.39, 0.29) is 11.3 Å². The standard InChI is InChI=1S/C35H26/c1-3-14-26(15-4-1)35(28-18-8-9-19-28,27-16-5-2-6-17-27)34-32-22-12-11-21-30(32)31-24-23-25-13-7-10-20-29(25)33(31)34/h1-18,20-24,34H,19H2. The maximum absolute atomic E-state index is 2.37. The summed E-state index contributed by atoms with van der Waals surface area (Å²) < 4.78 is 0. The molecule has 0 radical (unpaired) electrons. The Kier molecular flexibility index (Phi) is 4.60. The van der Waals surface area contributed by atoms with Gasteiger partial charge in [0.1, 0.15) is 0 Å². The van der Waals surface area contributed by atoms with E-state index in [1.54, 1.807) is 0 Å². The molecule has 166 valence electrons. The van der Waals surface area contributed by atoms with Crippen LogP contribution in [-0.4, -0.2) is 0 Å². The van der Waals surface area contributed by atoms with Crippen LogP contribution in [0, 0.1) is 0 Å². The Bertz CT molecular complexity index is 1560. The minimum atomic E-state index is -0.322. The van der Waals surface area contributed by atoms with Gasteiger partial charge >= 0.3 is 0 Å². The first-order chi connectivity index (χ1) is 17.4. The van der Waals surface area contributed by atoms with Crippen LogP contribution in [-0.2, 0) is 5.41 Å². The molecule has 0 aliphatic heterocycles. The molecule has 35 heavy (non-hydrogen) atoms. The largest absolute Gasteiger partial charge is 0.0804 e. The van der Waals surface area contributed by atoms with Gasteiger partial charge in [0.25, 0.3) is 0 Å². The van der Waals surface area contributed by atoms with Gasteiger partial charge in [0.15, 0.2) is 0 Å². The molecule has 0 saturated heterocycles. The number of allylic oxidation sites excluding steroid dienone is 4. The van der Waals surface area contributed by atoms with Crippen molar-refractivity contribution in [3.05, 3.63) is 167 Å². The predicted molar refractivity (Wildman–Crippen MR) is 147 cm³/mol. The van der Waals surface area contributed by atoms with Gasteiger partial charge in [-0.15, -0.1) is 0 Å². The third-order valence-corrected chi connectivity index (χ3v) is 7.99. The summed E-state index contributed by atoms with van der Waals surface area (Å²) in [5.41, 5.74) is 9.42. The second-order valence-corrected chi connectivity index (χ2v) is 9.63. The van der Waals surface area contributed by atoms with Crippen LogP contribution in [0.2, 0.25) is 0 Å². The zero-order valence-electron chi connectivity index (χ0n) is 19.6. The van der Waals surface area contributed by atoms with E-state index in [9.17, 15) is 0 Å². The molecule has 0 spiro atoms. The quantitative estimate of drug-likeness (QED) is 0.259. The van der Waals surface area contributed by atoms with Crippen molar-refractivity contribution in [3.63, 3.8) is 0 Å². The smallest absolute Gasteiger partial charge is 0.0526 e. The molecular formula is C35H26. The van der Waals surface area contributed by atoms with E-state index < -0.39 is 0 Å². The second kappa shape index (κ2) is 7.96. The van der Waals surface area contributed by atoms with Gasteiger partial charge in [0, 0.05) is 5.92 Å². The fourth-order valence-electron chi connectivity index (χ4n) is 6.64. The average molecular weight is 447 g/mol. The Balaban J connectivity index is 1.67. The zero-order chi connectivity index (χ0) is 23.2. The second-order valence-electron chi connectivity index (χ2n) is 9.63. The van der Waals surface area contributed by atoms with Crippen LogP contribution in [0.5, 0.6) is 0 Å². The fourth-order valence-corrected chi connectivity index (χ4v) is 6.64. The number of hydrogen-bond acceptors (Lipinski definition) is 0. The lowest BCUT2D eigenvalue weighted by Gasteiger charge is -2.43. The van der Waals surface area contributed by atoms with E-state index in [1.807, 2.05) is 0 Å². The van der Waals surface area contributed by atoms with Crippen LogP contribution in [0.4, 0.5) is 0 Å². The lowest BCUT2D eigenvalue weighted by Crippen LogP contribution is -2.37. The van der Waals surface area contributed by atoms with Gasteiger partial charge in [-0.1, -0.05) is 145 Å². The Morgan fingerprint density at radius 2 is 1.23 bits per heavy atom. The van der Waals surface area contributed by atoms with Crippen LogP contribution >= 0.6 is 0 Å². The SMILES string of the molecule is C1=CCC(C(c2ccccc2)(c2ccccc2)C2c3ccccc3-c3ccc4ccccc4c32)=C1. The molecule has 0 saturated carbocycles. The summed E-state index contributed by atoms with van der Waals surface area (Å²) in [4.78, 5) is 0. The van der Waals surface area contributed by atoms with Crippen LogP contribution < -0.4 is 0 Å². The molecule has 0 nitrogen and oxygen atoms in total. The number of hydrogen-bond donors (Lipinski definition) is 0. The molecule has 1 atom stereocenters. The summed E-state index contributed by atoms with van der Waals surface area (Å²) in [6.45, 7) is 0. The van der Waals surface area contributed by atoms with Gasteiger partial charge in [-0.3, -0.25) is 0 Å². The van der Waals surface area contributed by atoms with E-state index in [4.69, 9.17) is 0 Å². The minimum absolute atomic E-state index is 0.163. The average Bonchev–Trinajstić information content (AvgIpc) is 3.59. The summed E-state index contributed by atoms with van der Waals surface area (Å²) in [6, 6.07) is 45.0. The van der Waals surface area contributed by atoms with Crippen molar-refractivity contribution < 1.29 is 0 Å². The predicted octanol–water partition coefficient (Wildman–Crippen LogP) is 8.82. The monoisotopic (exact) mass is 446 g/mol. The maximum atomic E-state index is 2.37. The first kappa shape index (κ1) is 20.2. The van der Waals surface area contributed by atoms with E-state index in [0.29, 0.717) is 0 Å². The molecule has 0 N–H and O–H groups in total. The summed E-state index contributed by atoms with van der Waals surface area (Å²) in [6.07, 6.45) is 7.87. The van der Waals surface area contributed by atoms with Gasteiger partial charge in [-0.2, -0.15) is 0 Å². The van der Waals surface area contributed by atoms with Crippen molar-refractivity contribution in [1.82, 2.24) is 0 Å². The third kappa shape index (κ3) is 2.87. The lowest BCUT2D eigenvalue weighted by atomic mass is 9.58. The Hall–Kier alpha value is -4.16. The molecule has 0 amide bonds. The Labute approximate surface area is 206 Å². The van der Waals surface area contributed by atoms with Crippen molar-refractivity contribution in [1.29, 1.82) is 0 Å². The molecule has 0 heterocycles. The molecule has 2 aliphatic rings. The van der Waals surface area contributed by atoms with Crippen LogP contribution in [0.25, 0.3) is 21.9 Å². The van der Waals surface area contributed by atoms with Gasteiger partial charge < -0.3 is 0 Å². The summed E-state index contributed by atoms with van der Waals surface area (Å²) in [5, 5.41) is 2.66. The lowest BCUT2D eigenvalue weighted by molar-refractivity contribution is 0.529. The molecule has 0 heteroatoms. The van der Waals surface area contributed by atoms with Gasteiger partial charge in [0.2, 0.25) is 0 Å². The Morgan fingerprint density at radius 3 is 1.94 bits per heavy atom. The molecular weight excluding hydrogens is 420 g/mol.